The van der Waals surface area contributed by atoms with Crippen molar-refractivity contribution in [2.24, 2.45) is 0 Å². The highest BCUT2D eigenvalue weighted by molar-refractivity contribution is 5.91. The number of rotatable bonds is 0. The van der Waals surface area contributed by atoms with Gasteiger partial charge in [0, 0.05) is 10.9 Å². The predicted molar refractivity (Wildman–Crippen MR) is 79.3 cm³/mol. The summed E-state index contributed by atoms with van der Waals surface area (Å²) in [5.41, 5.74) is 2.24. The molecular formula is C18H13FO2. The SMILES string of the molecule is O[C@H]1c2ccccc2-c2cc3ccccc3c(F)c2[C@@H]1O. The van der Waals surface area contributed by atoms with Crippen LogP contribution < -0.4 is 0 Å². The monoisotopic (exact) mass is 280 g/mol. The van der Waals surface area contributed by atoms with Crippen LogP contribution in [0.25, 0.3) is 21.9 Å². The van der Waals surface area contributed by atoms with Crippen molar-refractivity contribution < 1.29 is 14.6 Å². The molecule has 0 bridgehead atoms. The Bertz CT molecular complexity index is 857. The molecule has 0 fully saturated rings. The van der Waals surface area contributed by atoms with Crippen molar-refractivity contribution in [3.8, 4) is 11.1 Å². The van der Waals surface area contributed by atoms with Gasteiger partial charge in [0.05, 0.1) is 0 Å². The van der Waals surface area contributed by atoms with Crippen LogP contribution in [0.2, 0.25) is 0 Å². The number of aliphatic hydroxyl groups is 2. The van der Waals surface area contributed by atoms with E-state index in [1.54, 1.807) is 24.3 Å². The van der Waals surface area contributed by atoms with Gasteiger partial charge < -0.3 is 10.2 Å². The maximum Gasteiger partial charge on any atom is 0.137 e. The lowest BCUT2D eigenvalue weighted by molar-refractivity contribution is 0.0138. The van der Waals surface area contributed by atoms with Gasteiger partial charge in [0.25, 0.3) is 0 Å². The summed E-state index contributed by atoms with van der Waals surface area (Å²) in [6, 6.07) is 16.3. The molecule has 21 heavy (non-hydrogen) atoms. The molecule has 0 heterocycles. The first-order valence-corrected chi connectivity index (χ1v) is 6.85. The summed E-state index contributed by atoms with van der Waals surface area (Å²) in [5.74, 6) is -0.454. The number of halogens is 1. The molecule has 2 N–H and O–H groups in total. The van der Waals surface area contributed by atoms with E-state index in [0.717, 1.165) is 10.9 Å². The first-order valence-electron chi connectivity index (χ1n) is 6.85. The highest BCUT2D eigenvalue weighted by Crippen LogP contribution is 2.46. The Morgan fingerprint density at radius 3 is 2.38 bits per heavy atom. The van der Waals surface area contributed by atoms with E-state index in [2.05, 4.69) is 0 Å². The zero-order valence-electron chi connectivity index (χ0n) is 11.1. The van der Waals surface area contributed by atoms with E-state index in [1.165, 1.54) is 0 Å². The van der Waals surface area contributed by atoms with Gasteiger partial charge in [0.2, 0.25) is 0 Å². The number of hydrogen-bond donors (Lipinski definition) is 2. The van der Waals surface area contributed by atoms with Crippen molar-refractivity contribution in [1.29, 1.82) is 0 Å². The molecule has 0 radical (unpaired) electrons. The Labute approximate surface area is 121 Å². The summed E-state index contributed by atoms with van der Waals surface area (Å²) in [4.78, 5) is 0. The molecule has 2 nitrogen and oxygen atoms in total. The molecule has 1 aliphatic carbocycles. The first-order chi connectivity index (χ1) is 10.2. The van der Waals surface area contributed by atoms with Gasteiger partial charge in [-0.2, -0.15) is 0 Å². The summed E-state index contributed by atoms with van der Waals surface area (Å²) >= 11 is 0. The zero-order valence-corrected chi connectivity index (χ0v) is 11.1. The van der Waals surface area contributed by atoms with Crippen LogP contribution in [0.5, 0.6) is 0 Å². The minimum Gasteiger partial charge on any atom is -0.385 e. The third kappa shape index (κ3) is 1.65. The Morgan fingerprint density at radius 2 is 1.52 bits per heavy atom. The molecule has 0 unspecified atom stereocenters. The topological polar surface area (TPSA) is 40.5 Å². The lowest BCUT2D eigenvalue weighted by atomic mass is 9.80. The van der Waals surface area contributed by atoms with E-state index in [9.17, 15) is 14.6 Å². The summed E-state index contributed by atoms with van der Waals surface area (Å²) in [6.45, 7) is 0. The standard InChI is InChI=1S/C18H13FO2/c19-16-11-6-2-1-5-10(11)9-14-12-7-3-4-8-13(12)17(20)18(21)15(14)16/h1-9,17-18,20-21H/t17-,18-/m0/s1. The Morgan fingerprint density at radius 1 is 0.810 bits per heavy atom. The van der Waals surface area contributed by atoms with Crippen LogP contribution in [-0.4, -0.2) is 10.2 Å². The van der Waals surface area contributed by atoms with Crippen molar-refractivity contribution in [1.82, 2.24) is 0 Å². The lowest BCUT2D eigenvalue weighted by Gasteiger charge is -2.30. The molecule has 3 aromatic carbocycles. The molecule has 1 aliphatic rings. The number of fused-ring (bicyclic) bond motifs is 4. The maximum absolute atomic E-state index is 14.8. The van der Waals surface area contributed by atoms with Crippen molar-refractivity contribution in [2.45, 2.75) is 12.2 Å². The molecule has 2 atom stereocenters. The van der Waals surface area contributed by atoms with Gasteiger partial charge in [-0.1, -0.05) is 48.5 Å². The quantitative estimate of drug-likeness (QED) is 0.659. The largest absolute Gasteiger partial charge is 0.385 e. The predicted octanol–water partition coefficient (Wildman–Crippen LogP) is 3.73. The second-order valence-corrected chi connectivity index (χ2v) is 5.35. The fourth-order valence-corrected chi connectivity index (χ4v) is 3.16. The van der Waals surface area contributed by atoms with Crippen LogP contribution in [0.3, 0.4) is 0 Å². The number of aliphatic hydroxyl groups excluding tert-OH is 2. The van der Waals surface area contributed by atoms with E-state index >= 15 is 0 Å². The van der Waals surface area contributed by atoms with Crippen LogP contribution in [0.4, 0.5) is 4.39 Å². The van der Waals surface area contributed by atoms with Crippen molar-refractivity contribution >= 4 is 10.8 Å². The molecular weight excluding hydrogens is 267 g/mol. The summed E-state index contributed by atoms with van der Waals surface area (Å²) in [5, 5.41) is 21.8. The van der Waals surface area contributed by atoms with Crippen molar-refractivity contribution in [2.75, 3.05) is 0 Å². The van der Waals surface area contributed by atoms with Crippen LogP contribution in [0.15, 0.2) is 54.6 Å². The van der Waals surface area contributed by atoms with E-state index < -0.39 is 18.0 Å². The third-order valence-electron chi connectivity index (χ3n) is 4.19. The summed E-state index contributed by atoms with van der Waals surface area (Å²) in [6.07, 6.45) is -2.36. The first kappa shape index (κ1) is 12.5. The number of benzene rings is 3. The molecule has 0 amide bonds. The van der Waals surface area contributed by atoms with E-state index in [4.69, 9.17) is 0 Å². The van der Waals surface area contributed by atoms with Crippen molar-refractivity contribution in [3.63, 3.8) is 0 Å². The fraction of sp³-hybridized carbons (Fsp3) is 0.111. The molecule has 0 aliphatic heterocycles. The maximum atomic E-state index is 14.8. The van der Waals surface area contributed by atoms with Gasteiger partial charge in [-0.05, 0) is 28.1 Å². The van der Waals surface area contributed by atoms with Gasteiger partial charge in [0.15, 0.2) is 0 Å². The average molecular weight is 280 g/mol. The van der Waals surface area contributed by atoms with Crippen LogP contribution >= 0.6 is 0 Å². The Balaban J connectivity index is 2.15. The van der Waals surface area contributed by atoms with Gasteiger partial charge in [-0.25, -0.2) is 4.39 Å². The van der Waals surface area contributed by atoms with E-state index in [0.29, 0.717) is 16.5 Å². The Kier molecular flexibility index (Phi) is 2.61. The highest BCUT2D eigenvalue weighted by Gasteiger charge is 2.34. The molecule has 104 valence electrons. The molecule has 0 aromatic heterocycles. The number of hydrogen-bond acceptors (Lipinski definition) is 2. The highest BCUT2D eigenvalue weighted by atomic mass is 19.1. The minimum atomic E-state index is -1.25. The zero-order chi connectivity index (χ0) is 14.6. The molecule has 0 spiro atoms. The van der Waals surface area contributed by atoms with Crippen LogP contribution in [-0.2, 0) is 0 Å². The minimum absolute atomic E-state index is 0.180. The van der Waals surface area contributed by atoms with Gasteiger partial charge in [-0.15, -0.1) is 0 Å². The third-order valence-corrected chi connectivity index (χ3v) is 4.19. The normalized spacial score (nSPS) is 20.1. The van der Waals surface area contributed by atoms with Gasteiger partial charge in [0.1, 0.15) is 18.0 Å². The molecule has 3 aromatic rings. The lowest BCUT2D eigenvalue weighted by Crippen LogP contribution is -2.18. The van der Waals surface area contributed by atoms with Crippen molar-refractivity contribution in [3.05, 3.63) is 71.5 Å². The average Bonchev–Trinajstić information content (AvgIpc) is 2.52. The van der Waals surface area contributed by atoms with Gasteiger partial charge >= 0.3 is 0 Å². The van der Waals surface area contributed by atoms with E-state index in [-0.39, 0.29) is 5.56 Å². The Hall–Kier alpha value is -2.23. The second kappa shape index (κ2) is 4.38. The molecule has 4 rings (SSSR count). The van der Waals surface area contributed by atoms with E-state index in [1.807, 2.05) is 30.3 Å². The second-order valence-electron chi connectivity index (χ2n) is 5.35. The molecule has 3 heteroatoms. The van der Waals surface area contributed by atoms with Gasteiger partial charge in [-0.3, -0.25) is 0 Å². The smallest absolute Gasteiger partial charge is 0.137 e. The fourth-order valence-electron chi connectivity index (χ4n) is 3.16. The van der Waals surface area contributed by atoms with Crippen LogP contribution in [0, 0.1) is 5.82 Å². The molecule has 0 saturated heterocycles. The van der Waals surface area contributed by atoms with Crippen LogP contribution in [0.1, 0.15) is 23.3 Å². The summed E-state index contributed by atoms with van der Waals surface area (Å²) in [7, 11) is 0. The molecule has 0 saturated carbocycles. The summed E-state index contributed by atoms with van der Waals surface area (Å²) < 4.78 is 14.8.